The zero-order valence-corrected chi connectivity index (χ0v) is 12.2. The van der Waals surface area contributed by atoms with Crippen LogP contribution in [0.15, 0.2) is 41.8 Å². The Hall–Kier alpha value is -1.53. The summed E-state index contributed by atoms with van der Waals surface area (Å²) in [7, 11) is 0. The average Bonchev–Trinajstić information content (AvgIpc) is 3.09. The quantitative estimate of drug-likeness (QED) is 0.903. The second-order valence-corrected chi connectivity index (χ2v) is 6.54. The molecule has 1 N–H and O–H groups in total. The van der Waals surface area contributed by atoms with E-state index in [0.717, 1.165) is 5.75 Å². The summed E-state index contributed by atoms with van der Waals surface area (Å²) in [6, 6.07) is 9.79. The van der Waals surface area contributed by atoms with Crippen molar-refractivity contribution in [3.63, 3.8) is 0 Å². The molecule has 1 unspecified atom stereocenters. The van der Waals surface area contributed by atoms with E-state index in [-0.39, 0.29) is 17.2 Å². The van der Waals surface area contributed by atoms with Crippen LogP contribution in [-0.2, 0) is 0 Å². The van der Waals surface area contributed by atoms with Gasteiger partial charge in [0.05, 0.1) is 0 Å². The molecule has 20 heavy (non-hydrogen) atoms. The minimum atomic E-state index is -0.353. The van der Waals surface area contributed by atoms with Crippen LogP contribution in [0, 0.1) is 5.82 Å². The van der Waals surface area contributed by atoms with Crippen LogP contribution < -0.4 is 5.32 Å². The number of nitrogens with zero attached hydrogens (tertiary/aromatic N) is 1. The Balaban J connectivity index is 1.73. The number of hydrogen-bond donors (Lipinski definition) is 1. The summed E-state index contributed by atoms with van der Waals surface area (Å²) in [5, 5.41) is 4.82. The molecule has 104 valence electrons. The number of urea groups is 1. The Bertz CT molecular complexity index is 603. The van der Waals surface area contributed by atoms with E-state index in [0.29, 0.717) is 12.2 Å². The van der Waals surface area contributed by atoms with Gasteiger partial charge in [0.1, 0.15) is 11.2 Å². The van der Waals surface area contributed by atoms with E-state index in [1.165, 1.54) is 17.0 Å². The summed E-state index contributed by atoms with van der Waals surface area (Å²) in [4.78, 5) is 15.3. The first kappa shape index (κ1) is 13.5. The molecule has 0 spiro atoms. The molecule has 1 fully saturated rings. The smallest absolute Gasteiger partial charge is 0.308 e. The van der Waals surface area contributed by atoms with Gasteiger partial charge in [-0.2, -0.15) is 0 Å². The van der Waals surface area contributed by atoms with Gasteiger partial charge in [0.2, 0.25) is 0 Å². The maximum Gasteiger partial charge on any atom is 0.323 e. The monoisotopic (exact) mass is 308 g/mol. The van der Waals surface area contributed by atoms with E-state index in [2.05, 4.69) is 5.32 Å². The summed E-state index contributed by atoms with van der Waals surface area (Å²) in [5.74, 6) is 0.562. The summed E-state index contributed by atoms with van der Waals surface area (Å²) in [6.45, 7) is 0.703. The molecule has 2 aromatic rings. The third-order valence-corrected chi connectivity index (χ3v) is 5.33. The normalized spacial score (nSPS) is 18.2. The number of carbonyl (C=O) groups is 1. The SMILES string of the molecule is O=C(Nc1cccc(F)c1)N1CCSC1c1cccs1. The highest BCUT2D eigenvalue weighted by Gasteiger charge is 2.31. The molecule has 1 atom stereocenters. The van der Waals surface area contributed by atoms with Gasteiger partial charge in [0.15, 0.2) is 0 Å². The fourth-order valence-electron chi connectivity index (χ4n) is 2.11. The molecule has 0 radical (unpaired) electrons. The van der Waals surface area contributed by atoms with Crippen LogP contribution in [0.3, 0.4) is 0 Å². The van der Waals surface area contributed by atoms with E-state index < -0.39 is 0 Å². The predicted molar refractivity (Wildman–Crippen MR) is 81.6 cm³/mol. The van der Waals surface area contributed by atoms with Gasteiger partial charge in [-0.25, -0.2) is 9.18 Å². The Morgan fingerprint density at radius 2 is 2.25 bits per heavy atom. The van der Waals surface area contributed by atoms with Crippen molar-refractivity contribution in [1.82, 2.24) is 4.90 Å². The van der Waals surface area contributed by atoms with Crippen LogP contribution in [0.2, 0.25) is 0 Å². The molecule has 2 heterocycles. The van der Waals surface area contributed by atoms with Gasteiger partial charge in [0, 0.05) is 22.9 Å². The highest BCUT2D eigenvalue weighted by atomic mass is 32.2. The molecule has 2 amide bonds. The van der Waals surface area contributed by atoms with Crippen LogP contribution in [-0.4, -0.2) is 23.2 Å². The summed E-state index contributed by atoms with van der Waals surface area (Å²) >= 11 is 3.40. The third-order valence-electron chi connectivity index (χ3n) is 3.01. The first-order chi connectivity index (χ1) is 9.74. The van der Waals surface area contributed by atoms with Gasteiger partial charge in [-0.3, -0.25) is 0 Å². The number of halogens is 1. The van der Waals surface area contributed by atoms with E-state index in [1.807, 2.05) is 17.5 Å². The fourth-order valence-corrected chi connectivity index (χ4v) is 4.34. The molecule has 6 heteroatoms. The van der Waals surface area contributed by atoms with Crippen molar-refractivity contribution in [1.29, 1.82) is 0 Å². The van der Waals surface area contributed by atoms with Gasteiger partial charge in [-0.1, -0.05) is 12.1 Å². The van der Waals surface area contributed by atoms with E-state index in [4.69, 9.17) is 0 Å². The molecule has 0 bridgehead atoms. The minimum absolute atomic E-state index is 0.0589. The number of anilines is 1. The highest BCUT2D eigenvalue weighted by Crippen LogP contribution is 2.40. The van der Waals surface area contributed by atoms with Crippen molar-refractivity contribution in [2.45, 2.75) is 5.37 Å². The Morgan fingerprint density at radius 3 is 3.00 bits per heavy atom. The number of nitrogens with one attached hydrogen (secondary N) is 1. The van der Waals surface area contributed by atoms with E-state index in [1.54, 1.807) is 40.1 Å². The number of thioether (sulfide) groups is 1. The van der Waals surface area contributed by atoms with Crippen LogP contribution in [0.25, 0.3) is 0 Å². The van der Waals surface area contributed by atoms with Crippen LogP contribution in [0.5, 0.6) is 0 Å². The predicted octanol–water partition coefficient (Wildman–Crippen LogP) is 4.17. The number of amides is 2. The third kappa shape index (κ3) is 2.81. The second-order valence-electron chi connectivity index (χ2n) is 4.37. The number of carbonyl (C=O) groups excluding carboxylic acids is 1. The molecule has 0 saturated carbocycles. The van der Waals surface area contributed by atoms with Crippen molar-refractivity contribution in [2.24, 2.45) is 0 Å². The van der Waals surface area contributed by atoms with Crippen molar-refractivity contribution < 1.29 is 9.18 Å². The Morgan fingerprint density at radius 1 is 1.35 bits per heavy atom. The summed E-state index contributed by atoms with van der Waals surface area (Å²) in [5.41, 5.74) is 0.483. The van der Waals surface area contributed by atoms with Crippen molar-refractivity contribution in [3.8, 4) is 0 Å². The van der Waals surface area contributed by atoms with Gasteiger partial charge >= 0.3 is 6.03 Å². The maximum absolute atomic E-state index is 13.1. The standard InChI is InChI=1S/C14H13FN2OS2/c15-10-3-1-4-11(9-10)16-14(18)17-6-8-20-13(17)12-5-2-7-19-12/h1-5,7,9,13H,6,8H2,(H,16,18). The lowest BCUT2D eigenvalue weighted by molar-refractivity contribution is 0.215. The molecule has 1 aromatic heterocycles. The largest absolute Gasteiger partial charge is 0.323 e. The lowest BCUT2D eigenvalue weighted by Gasteiger charge is -2.23. The van der Waals surface area contributed by atoms with Crippen molar-refractivity contribution >= 4 is 34.8 Å². The van der Waals surface area contributed by atoms with Gasteiger partial charge in [0.25, 0.3) is 0 Å². The number of benzene rings is 1. The summed E-state index contributed by atoms with van der Waals surface area (Å²) in [6.07, 6.45) is 0. The van der Waals surface area contributed by atoms with Crippen LogP contribution in [0.1, 0.15) is 10.3 Å². The number of hydrogen-bond acceptors (Lipinski definition) is 3. The lowest BCUT2D eigenvalue weighted by Crippen LogP contribution is -2.34. The molecule has 1 aliphatic rings. The highest BCUT2D eigenvalue weighted by molar-refractivity contribution is 7.99. The Kier molecular flexibility index (Phi) is 3.93. The minimum Gasteiger partial charge on any atom is -0.308 e. The first-order valence-corrected chi connectivity index (χ1v) is 8.15. The van der Waals surface area contributed by atoms with E-state index in [9.17, 15) is 9.18 Å². The average molecular weight is 308 g/mol. The van der Waals surface area contributed by atoms with E-state index >= 15 is 0 Å². The molecule has 1 saturated heterocycles. The molecule has 1 aromatic carbocycles. The lowest BCUT2D eigenvalue weighted by atomic mass is 10.3. The topological polar surface area (TPSA) is 32.3 Å². The first-order valence-electron chi connectivity index (χ1n) is 6.22. The Labute approximate surface area is 124 Å². The summed E-state index contributed by atoms with van der Waals surface area (Å²) < 4.78 is 13.1. The zero-order valence-electron chi connectivity index (χ0n) is 10.6. The number of rotatable bonds is 2. The van der Waals surface area contributed by atoms with Crippen molar-refractivity contribution in [3.05, 3.63) is 52.5 Å². The van der Waals surface area contributed by atoms with Gasteiger partial charge < -0.3 is 10.2 Å². The van der Waals surface area contributed by atoms with Gasteiger partial charge in [-0.05, 0) is 29.6 Å². The zero-order chi connectivity index (χ0) is 13.9. The van der Waals surface area contributed by atoms with Crippen LogP contribution >= 0.6 is 23.1 Å². The fraction of sp³-hybridized carbons (Fsp3) is 0.214. The molecule has 0 aliphatic carbocycles. The van der Waals surface area contributed by atoms with Gasteiger partial charge in [-0.15, -0.1) is 23.1 Å². The van der Waals surface area contributed by atoms with Crippen molar-refractivity contribution in [2.75, 3.05) is 17.6 Å². The molecule has 3 nitrogen and oxygen atoms in total. The second kappa shape index (κ2) is 5.85. The molecular weight excluding hydrogens is 295 g/mol. The molecule has 3 rings (SSSR count). The molecular formula is C14H13FN2OS2. The van der Waals surface area contributed by atoms with Crippen LogP contribution in [0.4, 0.5) is 14.9 Å². The molecule has 1 aliphatic heterocycles. The maximum atomic E-state index is 13.1. The number of thiophene rings is 1.